The molecule has 0 unspecified atom stereocenters. The number of rotatable bonds is 6. The maximum atomic E-state index is 5.17. The first kappa shape index (κ1) is 26.4. The first-order valence-corrected chi connectivity index (χ1v) is 14.9. The number of imidazole rings is 1. The summed E-state index contributed by atoms with van der Waals surface area (Å²) in [5.41, 5.74) is 8.93. The van der Waals surface area contributed by atoms with Crippen LogP contribution < -0.4 is 0 Å². The van der Waals surface area contributed by atoms with Crippen LogP contribution in [0.1, 0.15) is 0 Å². The molecule has 0 saturated heterocycles. The Morgan fingerprint density at radius 3 is 1.56 bits per heavy atom. The molecule has 0 aliphatic rings. The summed E-state index contributed by atoms with van der Waals surface area (Å²) in [5, 5.41) is 0. The molecule has 0 fully saturated rings. The zero-order chi connectivity index (χ0) is 30.0. The third-order valence-corrected chi connectivity index (χ3v) is 7.87. The summed E-state index contributed by atoms with van der Waals surface area (Å²) in [7, 11) is 0. The van der Waals surface area contributed by atoms with Crippen molar-refractivity contribution >= 4 is 11.0 Å². The minimum Gasteiger partial charge on any atom is -0.292 e. The van der Waals surface area contributed by atoms with Crippen molar-refractivity contribution in [1.82, 2.24) is 24.5 Å². The van der Waals surface area contributed by atoms with Crippen molar-refractivity contribution < 1.29 is 0 Å². The van der Waals surface area contributed by atoms with Crippen molar-refractivity contribution in [3.63, 3.8) is 0 Å². The van der Waals surface area contributed by atoms with Crippen LogP contribution >= 0.6 is 0 Å². The van der Waals surface area contributed by atoms with E-state index in [9.17, 15) is 0 Å². The number of aromatic nitrogens is 5. The molecule has 6 aromatic carbocycles. The van der Waals surface area contributed by atoms with E-state index in [1.54, 1.807) is 0 Å². The minimum absolute atomic E-state index is 0.597. The Balaban J connectivity index is 1.36. The van der Waals surface area contributed by atoms with Gasteiger partial charge in [0.25, 0.3) is 0 Å². The van der Waals surface area contributed by atoms with Gasteiger partial charge >= 0.3 is 0 Å². The molecular formula is C40H27N5. The standard InChI is InChI=1S/C40H27N5/c1-4-15-28(16-5-1)31-21-14-22-32(27-31)40-41-34-24-11-13-26-36(34)45(40)35-25-12-10-23-33(35)39-43-37(29-17-6-2-7-18-29)42-38(44-39)30-19-8-3-9-20-30/h1-27H. The van der Waals surface area contributed by atoms with Gasteiger partial charge in [-0.15, -0.1) is 0 Å². The number of hydrogen-bond donors (Lipinski definition) is 0. The molecule has 8 rings (SSSR count). The lowest BCUT2D eigenvalue weighted by Gasteiger charge is -2.15. The highest BCUT2D eigenvalue weighted by Crippen LogP contribution is 2.35. The van der Waals surface area contributed by atoms with Crippen LogP contribution in [0.3, 0.4) is 0 Å². The molecule has 0 N–H and O–H groups in total. The second-order valence-electron chi connectivity index (χ2n) is 10.8. The maximum Gasteiger partial charge on any atom is 0.166 e. The molecule has 0 radical (unpaired) electrons. The van der Waals surface area contributed by atoms with Gasteiger partial charge in [0.2, 0.25) is 0 Å². The van der Waals surface area contributed by atoms with Crippen molar-refractivity contribution in [2.75, 3.05) is 0 Å². The van der Waals surface area contributed by atoms with Crippen molar-refractivity contribution in [3.05, 3.63) is 164 Å². The van der Waals surface area contributed by atoms with Crippen molar-refractivity contribution in [1.29, 1.82) is 0 Å². The highest BCUT2D eigenvalue weighted by atomic mass is 15.1. The van der Waals surface area contributed by atoms with Crippen LogP contribution in [-0.2, 0) is 0 Å². The Hall–Kier alpha value is -6.20. The molecule has 5 heteroatoms. The smallest absolute Gasteiger partial charge is 0.166 e. The van der Waals surface area contributed by atoms with E-state index in [4.69, 9.17) is 19.9 Å². The predicted octanol–water partition coefficient (Wildman–Crippen LogP) is 9.55. The molecule has 5 nitrogen and oxygen atoms in total. The number of nitrogens with zero attached hydrogens (tertiary/aromatic N) is 5. The molecule has 45 heavy (non-hydrogen) atoms. The fourth-order valence-electron chi connectivity index (χ4n) is 5.72. The number of para-hydroxylation sites is 3. The van der Waals surface area contributed by atoms with Crippen molar-refractivity contribution in [2.45, 2.75) is 0 Å². The van der Waals surface area contributed by atoms with Gasteiger partial charge in [0.1, 0.15) is 5.82 Å². The number of fused-ring (bicyclic) bond motifs is 1. The molecule has 212 valence electrons. The van der Waals surface area contributed by atoms with Crippen LogP contribution in [0, 0.1) is 0 Å². The van der Waals surface area contributed by atoms with E-state index in [0.717, 1.165) is 55.9 Å². The van der Waals surface area contributed by atoms with Gasteiger partial charge in [-0.3, -0.25) is 4.57 Å². The largest absolute Gasteiger partial charge is 0.292 e. The second kappa shape index (κ2) is 11.5. The third-order valence-electron chi connectivity index (χ3n) is 7.87. The zero-order valence-corrected chi connectivity index (χ0v) is 24.3. The molecule has 2 aromatic heterocycles. The van der Waals surface area contributed by atoms with Gasteiger partial charge in [-0.25, -0.2) is 19.9 Å². The Kier molecular flexibility index (Phi) is 6.74. The Labute approximate surface area is 261 Å². The van der Waals surface area contributed by atoms with Gasteiger partial charge in [0, 0.05) is 22.3 Å². The van der Waals surface area contributed by atoms with Crippen LogP contribution in [0.2, 0.25) is 0 Å². The van der Waals surface area contributed by atoms with Crippen LogP contribution in [0.15, 0.2) is 164 Å². The van der Waals surface area contributed by atoms with Gasteiger partial charge in [0.15, 0.2) is 17.5 Å². The summed E-state index contributed by atoms with van der Waals surface area (Å²) in [4.78, 5) is 20.2. The molecule has 0 bridgehead atoms. The van der Waals surface area contributed by atoms with Gasteiger partial charge in [-0.2, -0.15) is 0 Å². The summed E-state index contributed by atoms with van der Waals surface area (Å²) in [6.45, 7) is 0. The fraction of sp³-hybridized carbons (Fsp3) is 0. The lowest BCUT2D eigenvalue weighted by molar-refractivity contribution is 1.05. The molecule has 0 spiro atoms. The average molecular weight is 578 g/mol. The Morgan fingerprint density at radius 1 is 0.356 bits per heavy atom. The molecule has 0 amide bonds. The summed E-state index contributed by atoms with van der Waals surface area (Å²) in [6, 6.07) is 55.6. The summed E-state index contributed by atoms with van der Waals surface area (Å²) >= 11 is 0. The first-order valence-electron chi connectivity index (χ1n) is 14.9. The number of benzene rings is 6. The van der Waals surface area contributed by atoms with E-state index in [1.165, 1.54) is 0 Å². The molecule has 2 heterocycles. The van der Waals surface area contributed by atoms with Gasteiger partial charge in [-0.05, 0) is 41.5 Å². The van der Waals surface area contributed by atoms with E-state index in [1.807, 2.05) is 78.9 Å². The van der Waals surface area contributed by atoms with Crippen molar-refractivity contribution in [2.24, 2.45) is 0 Å². The monoisotopic (exact) mass is 577 g/mol. The Morgan fingerprint density at radius 2 is 0.867 bits per heavy atom. The van der Waals surface area contributed by atoms with Crippen molar-refractivity contribution in [3.8, 4) is 62.4 Å². The quantitative estimate of drug-likeness (QED) is 0.197. The second-order valence-corrected chi connectivity index (χ2v) is 10.8. The maximum absolute atomic E-state index is 5.17. The van der Waals surface area contributed by atoms with Crippen LogP contribution in [0.5, 0.6) is 0 Å². The van der Waals surface area contributed by atoms with Crippen LogP contribution in [0.4, 0.5) is 0 Å². The summed E-state index contributed by atoms with van der Waals surface area (Å²) in [5.74, 6) is 2.70. The molecular weight excluding hydrogens is 550 g/mol. The Bertz CT molecular complexity index is 2200. The molecule has 0 saturated carbocycles. The molecule has 0 aliphatic heterocycles. The first-order chi connectivity index (χ1) is 22.3. The highest BCUT2D eigenvalue weighted by molar-refractivity contribution is 5.86. The number of hydrogen-bond acceptors (Lipinski definition) is 4. The molecule has 8 aromatic rings. The molecule has 0 atom stereocenters. The van der Waals surface area contributed by atoms with Crippen LogP contribution in [0.25, 0.3) is 73.4 Å². The minimum atomic E-state index is 0.597. The van der Waals surface area contributed by atoms with Crippen LogP contribution in [-0.4, -0.2) is 24.5 Å². The SMILES string of the molecule is c1ccc(-c2cccc(-c3nc4ccccc4n3-c3ccccc3-c3nc(-c4ccccc4)nc(-c4ccccc4)n3)c2)cc1. The van der Waals surface area contributed by atoms with Gasteiger partial charge in [-0.1, -0.05) is 133 Å². The predicted molar refractivity (Wildman–Crippen MR) is 182 cm³/mol. The summed E-state index contributed by atoms with van der Waals surface area (Å²) < 4.78 is 2.23. The van der Waals surface area contributed by atoms with E-state index in [2.05, 4.69) is 89.5 Å². The normalized spacial score (nSPS) is 11.1. The lowest BCUT2D eigenvalue weighted by Crippen LogP contribution is -2.04. The average Bonchev–Trinajstić information content (AvgIpc) is 3.52. The highest BCUT2D eigenvalue weighted by Gasteiger charge is 2.20. The van der Waals surface area contributed by atoms with E-state index in [-0.39, 0.29) is 0 Å². The zero-order valence-electron chi connectivity index (χ0n) is 24.3. The third kappa shape index (κ3) is 5.07. The summed E-state index contributed by atoms with van der Waals surface area (Å²) in [6.07, 6.45) is 0. The topological polar surface area (TPSA) is 56.5 Å². The lowest BCUT2D eigenvalue weighted by atomic mass is 10.0. The van der Waals surface area contributed by atoms with E-state index in [0.29, 0.717) is 17.5 Å². The van der Waals surface area contributed by atoms with E-state index >= 15 is 0 Å². The van der Waals surface area contributed by atoms with E-state index < -0.39 is 0 Å². The fourth-order valence-corrected chi connectivity index (χ4v) is 5.72. The van der Waals surface area contributed by atoms with Gasteiger partial charge in [0.05, 0.1) is 16.7 Å². The van der Waals surface area contributed by atoms with Gasteiger partial charge < -0.3 is 0 Å². The molecule has 0 aliphatic carbocycles.